The lowest BCUT2D eigenvalue weighted by molar-refractivity contribution is 0.410. The minimum atomic E-state index is 0.625. The smallest absolute Gasteiger partial charge is 0.116 e. The number of aromatic nitrogens is 2. The van der Waals surface area contributed by atoms with Crippen LogP contribution in [0.1, 0.15) is 29.3 Å². The van der Waals surface area contributed by atoms with Crippen molar-refractivity contribution in [2.24, 2.45) is 0 Å². The predicted molar refractivity (Wildman–Crippen MR) is 62.3 cm³/mol. The maximum absolute atomic E-state index is 4.54. The van der Waals surface area contributed by atoms with Crippen molar-refractivity contribution in [1.82, 2.24) is 20.2 Å². The molecule has 1 aromatic heterocycles. The average Bonchev–Trinajstić information content (AvgIpc) is 2.75. The van der Waals surface area contributed by atoms with Crippen LogP contribution in [-0.4, -0.2) is 41.5 Å². The number of nitrogens with one attached hydrogen (secondary N) is 1. The van der Waals surface area contributed by atoms with Gasteiger partial charge in [0.15, 0.2) is 0 Å². The highest BCUT2D eigenvalue weighted by molar-refractivity contribution is 5.30. The molecular weight excluding hydrogens is 200 g/mol. The summed E-state index contributed by atoms with van der Waals surface area (Å²) in [5, 5.41) is 3.37. The molecule has 0 amide bonds. The first-order valence-electron chi connectivity index (χ1n) is 6.06. The third-order valence-corrected chi connectivity index (χ3v) is 3.69. The highest BCUT2D eigenvalue weighted by Crippen LogP contribution is 2.29. The minimum Gasteiger partial charge on any atom is -0.311 e. The van der Waals surface area contributed by atoms with Gasteiger partial charge in [-0.2, -0.15) is 0 Å². The predicted octanol–water partition coefficient (Wildman–Crippen LogP) is 0.541. The Morgan fingerprint density at radius 3 is 3.19 bits per heavy atom. The molecule has 2 aliphatic heterocycles. The summed E-state index contributed by atoms with van der Waals surface area (Å²) in [5.41, 5.74) is 3.95. The van der Waals surface area contributed by atoms with E-state index in [9.17, 15) is 0 Å². The molecule has 1 aromatic rings. The fraction of sp³-hybridized carbons (Fsp3) is 0.667. The Morgan fingerprint density at radius 2 is 2.38 bits per heavy atom. The van der Waals surface area contributed by atoms with E-state index in [-0.39, 0.29) is 0 Å². The summed E-state index contributed by atoms with van der Waals surface area (Å²) >= 11 is 0. The summed E-state index contributed by atoms with van der Waals surface area (Å²) in [4.78, 5) is 11.3. The van der Waals surface area contributed by atoms with Crippen LogP contribution in [0.4, 0.5) is 0 Å². The van der Waals surface area contributed by atoms with Gasteiger partial charge in [0.25, 0.3) is 0 Å². The largest absolute Gasteiger partial charge is 0.311 e. The van der Waals surface area contributed by atoms with E-state index in [4.69, 9.17) is 0 Å². The number of likely N-dealkylation sites (tertiary alicyclic amines) is 1. The minimum absolute atomic E-state index is 0.625. The van der Waals surface area contributed by atoms with Crippen molar-refractivity contribution in [3.63, 3.8) is 0 Å². The fourth-order valence-electron chi connectivity index (χ4n) is 2.82. The van der Waals surface area contributed by atoms with E-state index in [1.165, 1.54) is 29.9 Å². The summed E-state index contributed by atoms with van der Waals surface area (Å²) < 4.78 is 0. The summed E-state index contributed by atoms with van der Waals surface area (Å²) in [6.45, 7) is 4.32. The molecule has 3 rings (SSSR count). The van der Waals surface area contributed by atoms with Crippen LogP contribution in [0.2, 0.25) is 0 Å². The van der Waals surface area contributed by atoms with Gasteiger partial charge in [0.2, 0.25) is 0 Å². The Morgan fingerprint density at radius 1 is 1.44 bits per heavy atom. The molecule has 86 valence electrons. The van der Waals surface area contributed by atoms with Crippen LogP contribution in [0.25, 0.3) is 0 Å². The maximum atomic E-state index is 4.54. The van der Waals surface area contributed by atoms with Crippen molar-refractivity contribution >= 4 is 0 Å². The van der Waals surface area contributed by atoms with Crippen molar-refractivity contribution in [2.45, 2.75) is 25.3 Å². The molecule has 0 spiro atoms. The molecule has 2 aliphatic rings. The van der Waals surface area contributed by atoms with Gasteiger partial charge in [-0.1, -0.05) is 0 Å². The van der Waals surface area contributed by atoms with Crippen LogP contribution in [0.15, 0.2) is 6.33 Å². The molecule has 0 aliphatic carbocycles. The Balaban J connectivity index is 1.94. The van der Waals surface area contributed by atoms with Crippen molar-refractivity contribution in [3.8, 4) is 0 Å². The standard InChI is InChI=1S/C12H18N4/c1-16-5-3-9(7-16)12-10-2-4-13-6-11(10)14-8-15-12/h8-9,13H,2-7H2,1H3. The van der Waals surface area contributed by atoms with Gasteiger partial charge in [-0.05, 0) is 38.5 Å². The molecule has 1 saturated heterocycles. The molecule has 1 N–H and O–H groups in total. The van der Waals surface area contributed by atoms with Crippen molar-refractivity contribution in [2.75, 3.05) is 26.7 Å². The number of fused-ring (bicyclic) bond motifs is 1. The van der Waals surface area contributed by atoms with Gasteiger partial charge in [-0.3, -0.25) is 0 Å². The molecule has 4 heteroatoms. The lowest BCUT2D eigenvalue weighted by Crippen LogP contribution is -2.27. The van der Waals surface area contributed by atoms with Crippen molar-refractivity contribution in [3.05, 3.63) is 23.3 Å². The van der Waals surface area contributed by atoms with Crippen LogP contribution in [0, 0.1) is 0 Å². The number of hydrogen-bond acceptors (Lipinski definition) is 4. The second-order valence-corrected chi connectivity index (χ2v) is 4.86. The van der Waals surface area contributed by atoms with Gasteiger partial charge in [0.05, 0.1) is 11.4 Å². The summed E-state index contributed by atoms with van der Waals surface area (Å²) in [5.74, 6) is 0.625. The second kappa shape index (κ2) is 4.11. The van der Waals surface area contributed by atoms with Crippen molar-refractivity contribution < 1.29 is 0 Å². The van der Waals surface area contributed by atoms with Gasteiger partial charge in [-0.25, -0.2) is 9.97 Å². The quantitative estimate of drug-likeness (QED) is 0.747. The molecule has 0 aromatic carbocycles. The number of likely N-dealkylation sites (N-methyl/N-ethyl adjacent to an activating group) is 1. The summed E-state index contributed by atoms with van der Waals surface area (Å²) in [7, 11) is 2.19. The van der Waals surface area contributed by atoms with E-state index in [0.717, 1.165) is 26.1 Å². The number of nitrogens with zero attached hydrogens (tertiary/aromatic N) is 3. The third-order valence-electron chi connectivity index (χ3n) is 3.69. The van der Waals surface area contributed by atoms with Gasteiger partial charge in [-0.15, -0.1) is 0 Å². The molecule has 0 saturated carbocycles. The van der Waals surface area contributed by atoms with Gasteiger partial charge in [0, 0.05) is 19.0 Å². The van der Waals surface area contributed by atoms with Gasteiger partial charge in [0.1, 0.15) is 6.33 Å². The highest BCUT2D eigenvalue weighted by Gasteiger charge is 2.26. The fourth-order valence-corrected chi connectivity index (χ4v) is 2.82. The van der Waals surface area contributed by atoms with E-state index < -0.39 is 0 Å². The molecule has 0 radical (unpaired) electrons. The first-order valence-corrected chi connectivity index (χ1v) is 6.06. The van der Waals surface area contributed by atoms with Crippen molar-refractivity contribution in [1.29, 1.82) is 0 Å². The molecule has 1 atom stereocenters. The Kier molecular flexibility index (Phi) is 2.61. The van der Waals surface area contributed by atoms with Crippen LogP contribution in [0.5, 0.6) is 0 Å². The van der Waals surface area contributed by atoms with E-state index in [1.807, 2.05) is 0 Å². The first-order chi connectivity index (χ1) is 7.84. The van der Waals surface area contributed by atoms with Gasteiger partial charge >= 0.3 is 0 Å². The lowest BCUT2D eigenvalue weighted by atomic mass is 9.95. The number of rotatable bonds is 1. The van der Waals surface area contributed by atoms with E-state index in [2.05, 4.69) is 27.2 Å². The molecule has 3 heterocycles. The molecule has 16 heavy (non-hydrogen) atoms. The molecule has 4 nitrogen and oxygen atoms in total. The van der Waals surface area contributed by atoms with Gasteiger partial charge < -0.3 is 10.2 Å². The Bertz CT molecular complexity index is 391. The number of hydrogen-bond donors (Lipinski definition) is 1. The van der Waals surface area contributed by atoms with Crippen LogP contribution < -0.4 is 5.32 Å². The topological polar surface area (TPSA) is 41.1 Å². The van der Waals surface area contributed by atoms with Crippen LogP contribution in [0.3, 0.4) is 0 Å². The molecule has 1 unspecified atom stereocenters. The molecule has 1 fully saturated rings. The maximum Gasteiger partial charge on any atom is 0.116 e. The zero-order valence-electron chi connectivity index (χ0n) is 9.74. The average molecular weight is 218 g/mol. The molecular formula is C12H18N4. The lowest BCUT2D eigenvalue weighted by Gasteiger charge is -2.21. The van der Waals surface area contributed by atoms with E-state index in [0.29, 0.717) is 5.92 Å². The van der Waals surface area contributed by atoms with Crippen LogP contribution >= 0.6 is 0 Å². The third kappa shape index (κ3) is 1.72. The summed E-state index contributed by atoms with van der Waals surface area (Å²) in [6.07, 6.45) is 4.07. The Labute approximate surface area is 96.1 Å². The Hall–Kier alpha value is -1.00. The van der Waals surface area contributed by atoms with E-state index >= 15 is 0 Å². The summed E-state index contributed by atoms with van der Waals surface area (Å²) in [6, 6.07) is 0. The highest BCUT2D eigenvalue weighted by atomic mass is 15.1. The van der Waals surface area contributed by atoms with Crippen LogP contribution in [-0.2, 0) is 13.0 Å². The normalized spacial score (nSPS) is 25.7. The monoisotopic (exact) mass is 218 g/mol. The second-order valence-electron chi connectivity index (χ2n) is 4.86. The molecule has 0 bridgehead atoms. The SMILES string of the molecule is CN1CCC(c2ncnc3c2CCNC3)C1. The first kappa shape index (κ1) is 10.2. The zero-order chi connectivity index (χ0) is 11.0. The zero-order valence-corrected chi connectivity index (χ0v) is 9.74. The van der Waals surface area contributed by atoms with E-state index in [1.54, 1.807) is 6.33 Å².